The summed E-state index contributed by atoms with van der Waals surface area (Å²) >= 11 is 0. The number of Topliss-reactive ketones (excluding diaryl/α,β-unsaturated/α-hetero) is 2. The molecule has 65 heavy (non-hydrogen) atoms. The van der Waals surface area contributed by atoms with Crippen LogP contribution in [0.4, 0.5) is 4.39 Å². The SMILES string of the molecule is C=C(C)C(=O)Oc1cc(-c2ccc(-c3ccc(C4CCC(CCCCC)CC4)cc3F)cc2)c(OC(=O)C(=C)C)cc1OCC(COC(=O)C(=O)CCOC)COC(=O)C(=O)CCOC. The van der Waals surface area contributed by atoms with Crippen LogP contribution < -0.4 is 14.2 Å². The molecule has 0 spiro atoms. The Bertz CT molecular complexity index is 2130. The highest BCUT2D eigenvalue weighted by molar-refractivity contribution is 6.34. The van der Waals surface area contributed by atoms with Gasteiger partial charge < -0.3 is 33.2 Å². The fraction of sp³-hybridized carbons (Fsp3) is 0.451. The summed E-state index contributed by atoms with van der Waals surface area (Å²) in [6, 6.07) is 15.1. The summed E-state index contributed by atoms with van der Waals surface area (Å²) in [4.78, 5) is 75.3. The van der Waals surface area contributed by atoms with Gasteiger partial charge in [-0.05, 0) is 80.2 Å². The molecule has 0 aliphatic heterocycles. The van der Waals surface area contributed by atoms with Crippen molar-refractivity contribution >= 4 is 35.4 Å². The smallest absolute Gasteiger partial charge is 0.374 e. The molecule has 4 rings (SSSR count). The first kappa shape index (κ1) is 51.6. The van der Waals surface area contributed by atoms with E-state index in [4.69, 9.17) is 33.2 Å². The molecule has 13 nitrogen and oxygen atoms in total. The van der Waals surface area contributed by atoms with Gasteiger partial charge in [-0.1, -0.05) is 82.2 Å². The van der Waals surface area contributed by atoms with Gasteiger partial charge in [0.15, 0.2) is 11.5 Å². The number of carbonyl (C=O) groups excluding carboxylic acids is 6. The number of rotatable bonds is 26. The third-order valence-corrected chi connectivity index (χ3v) is 11.1. The number of esters is 4. The second kappa shape index (κ2) is 26.1. The molecule has 0 N–H and O–H groups in total. The first-order chi connectivity index (χ1) is 31.1. The van der Waals surface area contributed by atoms with Crippen molar-refractivity contribution in [3.8, 4) is 39.5 Å². The molecule has 1 aliphatic carbocycles. The van der Waals surface area contributed by atoms with Crippen LogP contribution in [-0.4, -0.2) is 82.7 Å². The molecule has 0 radical (unpaired) electrons. The summed E-state index contributed by atoms with van der Waals surface area (Å²) in [5, 5.41) is 0. The van der Waals surface area contributed by atoms with Crippen LogP contribution in [0.2, 0.25) is 0 Å². The van der Waals surface area contributed by atoms with Crippen LogP contribution in [0.3, 0.4) is 0 Å². The zero-order valence-corrected chi connectivity index (χ0v) is 38.1. The van der Waals surface area contributed by atoms with E-state index in [0.29, 0.717) is 22.6 Å². The number of carbonyl (C=O) groups is 6. The van der Waals surface area contributed by atoms with Gasteiger partial charge in [0.2, 0.25) is 11.6 Å². The van der Waals surface area contributed by atoms with Gasteiger partial charge in [0.05, 0.1) is 25.7 Å². The Balaban J connectivity index is 1.64. The molecule has 14 heteroatoms. The van der Waals surface area contributed by atoms with Crippen molar-refractivity contribution < 1.29 is 66.3 Å². The molecule has 3 aromatic rings. The third kappa shape index (κ3) is 15.9. The number of hydrogen-bond donors (Lipinski definition) is 0. The topological polar surface area (TPSA) is 167 Å². The van der Waals surface area contributed by atoms with Crippen molar-refractivity contribution in [1.82, 2.24) is 0 Å². The van der Waals surface area contributed by atoms with Crippen LogP contribution in [0.5, 0.6) is 17.2 Å². The lowest BCUT2D eigenvalue weighted by Gasteiger charge is -2.29. The lowest BCUT2D eigenvalue weighted by Crippen LogP contribution is -2.30. The van der Waals surface area contributed by atoms with Crippen LogP contribution in [0, 0.1) is 17.7 Å². The van der Waals surface area contributed by atoms with Crippen LogP contribution in [0.15, 0.2) is 78.9 Å². The molecule has 0 atom stereocenters. The normalized spacial score (nSPS) is 14.6. The number of methoxy groups -OCH3 is 2. The molecule has 0 heterocycles. The molecule has 0 amide bonds. The first-order valence-electron chi connectivity index (χ1n) is 22.0. The summed E-state index contributed by atoms with van der Waals surface area (Å²) < 4.78 is 53.4. The predicted molar refractivity (Wildman–Crippen MR) is 241 cm³/mol. The number of halogens is 1. The average Bonchev–Trinajstić information content (AvgIpc) is 3.30. The van der Waals surface area contributed by atoms with Gasteiger partial charge >= 0.3 is 23.9 Å². The molecule has 3 aromatic carbocycles. The highest BCUT2D eigenvalue weighted by Gasteiger charge is 2.26. The Morgan fingerprint density at radius 1 is 0.646 bits per heavy atom. The van der Waals surface area contributed by atoms with E-state index >= 15 is 4.39 Å². The Morgan fingerprint density at radius 3 is 1.69 bits per heavy atom. The van der Waals surface area contributed by atoms with E-state index in [1.54, 1.807) is 30.3 Å². The minimum atomic E-state index is -1.17. The highest BCUT2D eigenvalue weighted by atomic mass is 19.1. The third-order valence-electron chi connectivity index (χ3n) is 11.1. The van der Waals surface area contributed by atoms with E-state index in [-0.39, 0.29) is 65.8 Å². The number of unbranched alkanes of at least 4 members (excludes halogenated alkanes) is 2. The lowest BCUT2D eigenvalue weighted by atomic mass is 9.77. The van der Waals surface area contributed by atoms with Gasteiger partial charge in [0.1, 0.15) is 24.8 Å². The van der Waals surface area contributed by atoms with Gasteiger partial charge in [-0.3, -0.25) is 9.59 Å². The number of ether oxygens (including phenoxy) is 7. The maximum Gasteiger partial charge on any atom is 0.374 e. The van der Waals surface area contributed by atoms with E-state index < -0.39 is 61.2 Å². The molecule has 1 fully saturated rings. The van der Waals surface area contributed by atoms with Crippen molar-refractivity contribution in [2.75, 3.05) is 47.3 Å². The minimum absolute atomic E-state index is 0.0157. The lowest BCUT2D eigenvalue weighted by molar-refractivity contribution is -0.159. The van der Waals surface area contributed by atoms with Crippen LogP contribution >= 0.6 is 0 Å². The zero-order chi connectivity index (χ0) is 47.5. The summed E-state index contributed by atoms with van der Waals surface area (Å²) in [6.07, 6.45) is 8.98. The highest BCUT2D eigenvalue weighted by Crippen LogP contribution is 2.43. The van der Waals surface area contributed by atoms with Crippen molar-refractivity contribution in [3.05, 3.63) is 90.3 Å². The summed E-state index contributed by atoms with van der Waals surface area (Å²) in [6.45, 7) is 11.0. The second-order valence-electron chi connectivity index (χ2n) is 16.4. The van der Waals surface area contributed by atoms with Crippen LogP contribution in [-0.2, 0) is 47.7 Å². The van der Waals surface area contributed by atoms with E-state index in [9.17, 15) is 28.8 Å². The Kier molecular flexibility index (Phi) is 20.7. The van der Waals surface area contributed by atoms with Crippen molar-refractivity contribution in [2.45, 2.75) is 90.9 Å². The summed E-state index contributed by atoms with van der Waals surface area (Å²) in [5.74, 6) is -6.17. The second-order valence-corrected chi connectivity index (χ2v) is 16.4. The first-order valence-corrected chi connectivity index (χ1v) is 22.0. The Labute approximate surface area is 380 Å². The molecular formula is C51H61FO13. The fourth-order valence-electron chi connectivity index (χ4n) is 7.23. The van der Waals surface area contributed by atoms with Gasteiger partial charge in [-0.25, -0.2) is 23.6 Å². The maximum atomic E-state index is 15.8. The Morgan fingerprint density at radius 2 is 1.18 bits per heavy atom. The van der Waals surface area contributed by atoms with Crippen LogP contribution in [0.1, 0.15) is 96.5 Å². The molecule has 1 saturated carbocycles. The molecule has 0 aromatic heterocycles. The Hall–Kier alpha value is -5.99. The largest absolute Gasteiger partial charge is 0.489 e. The molecule has 1 aliphatic rings. The van der Waals surface area contributed by atoms with E-state index in [2.05, 4.69) is 20.1 Å². The monoisotopic (exact) mass is 900 g/mol. The van der Waals surface area contributed by atoms with Crippen molar-refractivity contribution in [3.63, 3.8) is 0 Å². The fourth-order valence-corrected chi connectivity index (χ4v) is 7.23. The van der Waals surface area contributed by atoms with Gasteiger partial charge in [0.25, 0.3) is 0 Å². The quantitative estimate of drug-likeness (QED) is 0.0246. The minimum Gasteiger partial charge on any atom is -0.489 e. The zero-order valence-electron chi connectivity index (χ0n) is 38.1. The molecule has 0 saturated heterocycles. The number of ketones is 2. The molecule has 0 unspecified atom stereocenters. The molecule has 350 valence electrons. The van der Waals surface area contributed by atoms with Gasteiger partial charge in [-0.2, -0.15) is 0 Å². The predicted octanol–water partition coefficient (Wildman–Crippen LogP) is 9.27. The summed E-state index contributed by atoms with van der Waals surface area (Å²) in [5.41, 5.74) is 2.95. The van der Waals surface area contributed by atoms with Crippen molar-refractivity contribution in [1.29, 1.82) is 0 Å². The van der Waals surface area contributed by atoms with E-state index in [1.165, 1.54) is 65.9 Å². The van der Waals surface area contributed by atoms with Crippen molar-refractivity contribution in [2.24, 2.45) is 11.8 Å². The van der Waals surface area contributed by atoms with Crippen LogP contribution in [0.25, 0.3) is 22.3 Å². The maximum absolute atomic E-state index is 15.8. The van der Waals surface area contributed by atoms with Gasteiger partial charge in [0, 0.05) is 55.4 Å². The van der Waals surface area contributed by atoms with E-state index in [0.717, 1.165) is 37.2 Å². The molecule has 0 bridgehead atoms. The molecular weight excluding hydrogens is 840 g/mol. The van der Waals surface area contributed by atoms with E-state index in [1.807, 2.05) is 12.1 Å². The standard InChI is InChI=1S/C51H61FO13/c1-8-9-10-11-34-12-14-36(15-13-34)39-20-21-40(42(52)26-39)37-16-18-38(19-17-37)41-27-47(65-49(56)33(4)5)46(28-45(41)64-48(55)32(2)3)61-29-35(30-62-50(57)43(53)22-24-59-6)31-63-51(58)44(54)23-25-60-7/h16-21,26-28,34-36H,2,4,8-15,22-25,29-31H2,1,3,5-7H3. The van der Waals surface area contributed by atoms with Gasteiger partial charge in [-0.15, -0.1) is 0 Å². The number of benzene rings is 3. The average molecular weight is 901 g/mol. The number of hydrogen-bond acceptors (Lipinski definition) is 13. The summed E-state index contributed by atoms with van der Waals surface area (Å²) in [7, 11) is 2.73.